The Kier molecular flexibility index (Phi) is 3.52. The minimum atomic E-state index is -0.322. The highest BCUT2D eigenvalue weighted by molar-refractivity contribution is 5.94. The van der Waals surface area contributed by atoms with Crippen molar-refractivity contribution in [1.82, 2.24) is 4.98 Å². The molecule has 18 heavy (non-hydrogen) atoms. The zero-order valence-corrected chi connectivity index (χ0v) is 9.56. The van der Waals surface area contributed by atoms with Crippen LogP contribution >= 0.6 is 0 Å². The van der Waals surface area contributed by atoms with E-state index in [1.54, 1.807) is 24.4 Å². The number of hydrogen-bond donors (Lipinski definition) is 2. The van der Waals surface area contributed by atoms with Gasteiger partial charge in [0.05, 0.1) is 24.0 Å². The number of nitrogens with one attached hydrogen (secondary N) is 1. The van der Waals surface area contributed by atoms with Crippen LogP contribution in [-0.4, -0.2) is 10.9 Å². The molecule has 4 nitrogen and oxygen atoms in total. The second-order valence-corrected chi connectivity index (χ2v) is 3.81. The SMILES string of the molecule is Nc1cnccc1NC(=O)Cc1ccc(F)cc1. The maximum absolute atomic E-state index is 12.7. The van der Waals surface area contributed by atoms with Crippen molar-refractivity contribution in [2.45, 2.75) is 6.42 Å². The van der Waals surface area contributed by atoms with Crippen molar-refractivity contribution in [3.05, 3.63) is 54.1 Å². The number of aromatic nitrogens is 1. The number of carbonyl (C=O) groups is 1. The normalized spacial score (nSPS) is 10.1. The number of benzene rings is 1. The van der Waals surface area contributed by atoms with E-state index in [0.29, 0.717) is 11.4 Å². The van der Waals surface area contributed by atoms with Gasteiger partial charge in [0.1, 0.15) is 5.82 Å². The highest BCUT2D eigenvalue weighted by Gasteiger charge is 2.06. The molecule has 1 heterocycles. The number of carbonyl (C=O) groups excluding carboxylic acids is 1. The molecule has 0 radical (unpaired) electrons. The van der Waals surface area contributed by atoms with Gasteiger partial charge in [-0.2, -0.15) is 0 Å². The summed E-state index contributed by atoms with van der Waals surface area (Å²) in [6.07, 6.45) is 3.18. The van der Waals surface area contributed by atoms with Crippen LogP contribution in [0.5, 0.6) is 0 Å². The summed E-state index contributed by atoms with van der Waals surface area (Å²) in [5.41, 5.74) is 7.33. The van der Waals surface area contributed by atoms with Gasteiger partial charge in [-0.15, -0.1) is 0 Å². The molecule has 0 aliphatic carbocycles. The lowest BCUT2D eigenvalue weighted by Crippen LogP contribution is -2.15. The van der Waals surface area contributed by atoms with Crippen LogP contribution in [0.3, 0.4) is 0 Å². The Bertz CT molecular complexity index is 554. The zero-order valence-electron chi connectivity index (χ0n) is 9.56. The molecule has 0 atom stereocenters. The minimum Gasteiger partial charge on any atom is -0.396 e. The number of nitrogen functional groups attached to an aromatic ring is 1. The van der Waals surface area contributed by atoms with Crippen molar-refractivity contribution in [3.8, 4) is 0 Å². The fourth-order valence-electron chi connectivity index (χ4n) is 1.50. The molecule has 0 aliphatic rings. The largest absolute Gasteiger partial charge is 0.396 e. The van der Waals surface area contributed by atoms with Crippen LogP contribution in [-0.2, 0) is 11.2 Å². The molecule has 0 bridgehead atoms. The summed E-state index contributed by atoms with van der Waals surface area (Å²) in [5, 5.41) is 2.68. The fraction of sp³-hybridized carbons (Fsp3) is 0.0769. The molecule has 1 amide bonds. The number of rotatable bonds is 3. The van der Waals surface area contributed by atoms with E-state index < -0.39 is 0 Å². The molecule has 0 unspecified atom stereocenters. The Balaban J connectivity index is 2.01. The van der Waals surface area contributed by atoms with Crippen LogP contribution in [0, 0.1) is 5.82 Å². The van der Waals surface area contributed by atoms with Gasteiger partial charge in [-0.1, -0.05) is 12.1 Å². The predicted octanol–water partition coefficient (Wildman–Crippen LogP) is 1.98. The van der Waals surface area contributed by atoms with E-state index in [2.05, 4.69) is 10.3 Å². The highest BCUT2D eigenvalue weighted by Crippen LogP contribution is 2.15. The molecular formula is C13H12FN3O. The molecule has 0 aliphatic heterocycles. The third-order valence-electron chi connectivity index (χ3n) is 2.40. The summed E-state index contributed by atoms with van der Waals surface area (Å²) >= 11 is 0. The Hall–Kier alpha value is -2.43. The summed E-state index contributed by atoms with van der Waals surface area (Å²) in [6, 6.07) is 7.42. The number of nitrogens with two attached hydrogens (primary N) is 1. The van der Waals surface area contributed by atoms with Crippen LogP contribution in [0.4, 0.5) is 15.8 Å². The first-order chi connectivity index (χ1) is 8.65. The lowest BCUT2D eigenvalue weighted by atomic mass is 10.1. The van der Waals surface area contributed by atoms with Gasteiger partial charge >= 0.3 is 0 Å². The van der Waals surface area contributed by atoms with Gasteiger partial charge in [0.25, 0.3) is 0 Å². The molecule has 1 aromatic heterocycles. The first-order valence-corrected chi connectivity index (χ1v) is 5.39. The van der Waals surface area contributed by atoms with Gasteiger partial charge in [0.2, 0.25) is 5.91 Å². The zero-order chi connectivity index (χ0) is 13.0. The van der Waals surface area contributed by atoms with Gasteiger partial charge in [-0.25, -0.2) is 4.39 Å². The second-order valence-electron chi connectivity index (χ2n) is 3.81. The third kappa shape index (κ3) is 3.04. The molecule has 2 rings (SSSR count). The van der Waals surface area contributed by atoms with Gasteiger partial charge in [-0.05, 0) is 23.8 Å². The average molecular weight is 245 g/mol. The van der Waals surface area contributed by atoms with Crippen molar-refractivity contribution < 1.29 is 9.18 Å². The molecule has 0 saturated carbocycles. The molecule has 1 aromatic carbocycles. The highest BCUT2D eigenvalue weighted by atomic mass is 19.1. The van der Waals surface area contributed by atoms with Crippen LogP contribution in [0.2, 0.25) is 0 Å². The number of halogens is 1. The van der Waals surface area contributed by atoms with Gasteiger partial charge in [0.15, 0.2) is 0 Å². The van der Waals surface area contributed by atoms with Crippen LogP contribution in [0.25, 0.3) is 0 Å². The number of anilines is 2. The lowest BCUT2D eigenvalue weighted by Gasteiger charge is -2.07. The Morgan fingerprint density at radius 1 is 1.28 bits per heavy atom. The average Bonchev–Trinajstić information content (AvgIpc) is 2.35. The summed E-state index contributed by atoms with van der Waals surface area (Å²) in [5.74, 6) is -0.531. The second kappa shape index (κ2) is 5.27. The van der Waals surface area contributed by atoms with Crippen molar-refractivity contribution in [3.63, 3.8) is 0 Å². The van der Waals surface area contributed by atoms with E-state index in [4.69, 9.17) is 5.73 Å². The Labute approximate surface area is 104 Å². The molecule has 2 aromatic rings. The smallest absolute Gasteiger partial charge is 0.228 e. The van der Waals surface area contributed by atoms with Gasteiger partial charge in [-0.3, -0.25) is 9.78 Å². The topological polar surface area (TPSA) is 68.0 Å². The minimum absolute atomic E-state index is 0.169. The first-order valence-electron chi connectivity index (χ1n) is 5.39. The maximum Gasteiger partial charge on any atom is 0.228 e. The molecule has 0 saturated heterocycles. The fourth-order valence-corrected chi connectivity index (χ4v) is 1.50. The summed E-state index contributed by atoms with van der Waals surface area (Å²) in [4.78, 5) is 15.6. The van der Waals surface area contributed by atoms with E-state index in [1.807, 2.05) is 0 Å². The quantitative estimate of drug-likeness (QED) is 0.868. The van der Waals surface area contributed by atoms with E-state index in [0.717, 1.165) is 5.56 Å². The standard InChI is InChI=1S/C13H12FN3O/c14-10-3-1-9(2-4-10)7-13(18)17-12-5-6-16-8-11(12)15/h1-6,8H,7,15H2,(H,16,17,18). The number of nitrogens with zero attached hydrogens (tertiary/aromatic N) is 1. The number of pyridine rings is 1. The maximum atomic E-state index is 12.7. The van der Waals surface area contributed by atoms with Crippen LogP contribution < -0.4 is 11.1 Å². The van der Waals surface area contributed by atoms with Gasteiger partial charge in [0, 0.05) is 6.20 Å². The van der Waals surface area contributed by atoms with Crippen molar-refractivity contribution in [2.24, 2.45) is 0 Å². The van der Waals surface area contributed by atoms with Crippen molar-refractivity contribution in [1.29, 1.82) is 0 Å². The van der Waals surface area contributed by atoms with E-state index in [9.17, 15) is 9.18 Å². The molecule has 0 spiro atoms. The van der Waals surface area contributed by atoms with Crippen LogP contribution in [0.15, 0.2) is 42.7 Å². The predicted molar refractivity (Wildman–Crippen MR) is 67.4 cm³/mol. The molecule has 0 fully saturated rings. The first kappa shape index (κ1) is 12.0. The monoisotopic (exact) mass is 245 g/mol. The molecule has 5 heteroatoms. The van der Waals surface area contributed by atoms with Gasteiger partial charge < -0.3 is 11.1 Å². The summed E-state index contributed by atoms with van der Waals surface area (Å²) < 4.78 is 12.7. The summed E-state index contributed by atoms with van der Waals surface area (Å²) in [6.45, 7) is 0. The molecular weight excluding hydrogens is 233 g/mol. The summed E-state index contributed by atoms with van der Waals surface area (Å²) in [7, 11) is 0. The van der Waals surface area contributed by atoms with E-state index >= 15 is 0 Å². The van der Waals surface area contributed by atoms with E-state index in [-0.39, 0.29) is 18.1 Å². The van der Waals surface area contributed by atoms with Crippen molar-refractivity contribution >= 4 is 17.3 Å². The third-order valence-corrected chi connectivity index (χ3v) is 2.40. The molecule has 92 valence electrons. The Morgan fingerprint density at radius 3 is 2.67 bits per heavy atom. The van der Waals surface area contributed by atoms with Crippen molar-refractivity contribution in [2.75, 3.05) is 11.1 Å². The van der Waals surface area contributed by atoms with E-state index in [1.165, 1.54) is 18.3 Å². The number of hydrogen-bond acceptors (Lipinski definition) is 3. The number of amides is 1. The Morgan fingerprint density at radius 2 is 2.00 bits per heavy atom. The van der Waals surface area contributed by atoms with Crippen LogP contribution in [0.1, 0.15) is 5.56 Å². The molecule has 3 N–H and O–H groups in total. The lowest BCUT2D eigenvalue weighted by molar-refractivity contribution is -0.115.